The Morgan fingerprint density at radius 2 is 2.33 bits per heavy atom. The molecular weight excluding hydrogens is 228 g/mol. The molecule has 0 spiro atoms. The Balaban J connectivity index is 2.00. The molecule has 0 bridgehead atoms. The monoisotopic (exact) mass is 250 g/mol. The average Bonchev–Trinajstić information content (AvgIpc) is 3.07. The molecule has 0 aromatic carbocycles. The van der Waals surface area contributed by atoms with E-state index in [1.165, 1.54) is 0 Å². The molecule has 1 aliphatic rings. The normalized spacial score (nSPS) is 16.5. The highest BCUT2D eigenvalue weighted by molar-refractivity contribution is 5.81. The molecule has 0 saturated heterocycles. The number of likely N-dealkylation sites (N-methyl/N-ethyl adjacent to an activating group) is 1. The maximum atomic E-state index is 5.55. The molecule has 18 heavy (non-hydrogen) atoms. The van der Waals surface area contributed by atoms with E-state index >= 15 is 0 Å². The zero-order valence-electron chi connectivity index (χ0n) is 11.1. The average molecular weight is 250 g/mol. The fourth-order valence-electron chi connectivity index (χ4n) is 2.26. The number of hydrogen-bond acceptors (Lipinski definition) is 5. The molecule has 1 unspecified atom stereocenters. The van der Waals surface area contributed by atoms with Crippen molar-refractivity contribution in [2.24, 2.45) is 4.99 Å². The number of nitrogens with one attached hydrogen (secondary N) is 2. The Morgan fingerprint density at radius 1 is 1.50 bits per heavy atom. The predicted molar refractivity (Wildman–Crippen MR) is 72.7 cm³/mol. The van der Waals surface area contributed by atoms with Gasteiger partial charge in [0.2, 0.25) is 0 Å². The summed E-state index contributed by atoms with van der Waals surface area (Å²) in [5.74, 6) is 1.91. The third-order valence-electron chi connectivity index (χ3n) is 3.26. The number of nitrogens with zero attached hydrogens (tertiary/aromatic N) is 2. The molecule has 0 fully saturated rings. The highest BCUT2D eigenvalue weighted by Gasteiger charge is 2.21. The van der Waals surface area contributed by atoms with Crippen molar-refractivity contribution in [2.45, 2.75) is 19.9 Å². The molecule has 5 nitrogen and oxygen atoms in total. The Labute approximate surface area is 108 Å². The second-order valence-corrected chi connectivity index (χ2v) is 4.29. The number of rotatable bonds is 6. The van der Waals surface area contributed by atoms with Gasteiger partial charge in [-0.25, -0.2) is 0 Å². The van der Waals surface area contributed by atoms with Gasteiger partial charge >= 0.3 is 0 Å². The predicted octanol–water partition coefficient (Wildman–Crippen LogP) is 1.21. The quantitative estimate of drug-likeness (QED) is 0.797. The fourth-order valence-corrected chi connectivity index (χ4v) is 2.26. The summed E-state index contributed by atoms with van der Waals surface area (Å²) in [6.45, 7) is 8.95. The summed E-state index contributed by atoms with van der Waals surface area (Å²) in [7, 11) is 0. The van der Waals surface area contributed by atoms with Gasteiger partial charge in [-0.05, 0) is 25.2 Å². The van der Waals surface area contributed by atoms with Crippen LogP contribution in [0.25, 0.3) is 0 Å². The van der Waals surface area contributed by atoms with E-state index in [0.717, 1.165) is 44.4 Å². The molecule has 1 aromatic heterocycles. The smallest absolute Gasteiger partial charge is 0.191 e. The van der Waals surface area contributed by atoms with Gasteiger partial charge in [-0.2, -0.15) is 0 Å². The Bertz CT molecular complexity index is 370. The van der Waals surface area contributed by atoms with Crippen molar-refractivity contribution < 1.29 is 4.42 Å². The number of aliphatic imine (C=N–C) groups is 1. The third kappa shape index (κ3) is 3.04. The topological polar surface area (TPSA) is 52.8 Å². The molecule has 2 heterocycles. The SMILES string of the molecule is CCN(CC)C(CNC1=NCCN1)c1ccco1. The van der Waals surface area contributed by atoms with Crippen molar-refractivity contribution in [3.63, 3.8) is 0 Å². The standard InChI is InChI=1S/C13H22N4O/c1-3-17(4-2)11(12-6-5-9-18-12)10-16-13-14-7-8-15-13/h5-6,9,11H,3-4,7-8,10H2,1-2H3,(H2,14,15,16). The molecule has 1 aromatic rings. The molecule has 2 N–H and O–H groups in total. The fraction of sp³-hybridized carbons (Fsp3) is 0.615. The summed E-state index contributed by atoms with van der Waals surface area (Å²) in [6.07, 6.45) is 1.73. The van der Waals surface area contributed by atoms with Gasteiger partial charge in [-0.1, -0.05) is 13.8 Å². The summed E-state index contributed by atoms with van der Waals surface area (Å²) >= 11 is 0. The van der Waals surface area contributed by atoms with Crippen LogP contribution in [0.1, 0.15) is 25.6 Å². The zero-order chi connectivity index (χ0) is 12.8. The minimum Gasteiger partial charge on any atom is -0.468 e. The van der Waals surface area contributed by atoms with E-state index in [0.29, 0.717) is 0 Å². The first-order chi connectivity index (χ1) is 8.85. The van der Waals surface area contributed by atoms with Crippen molar-refractivity contribution >= 4 is 5.96 Å². The maximum absolute atomic E-state index is 5.55. The van der Waals surface area contributed by atoms with Crippen molar-refractivity contribution in [3.8, 4) is 0 Å². The lowest BCUT2D eigenvalue weighted by Crippen LogP contribution is -2.41. The van der Waals surface area contributed by atoms with E-state index in [1.54, 1.807) is 6.26 Å². The zero-order valence-corrected chi connectivity index (χ0v) is 11.1. The molecule has 0 radical (unpaired) electrons. The van der Waals surface area contributed by atoms with Crippen LogP contribution < -0.4 is 10.6 Å². The second-order valence-electron chi connectivity index (χ2n) is 4.29. The van der Waals surface area contributed by atoms with E-state index in [4.69, 9.17) is 4.42 Å². The Hall–Kier alpha value is -1.49. The van der Waals surface area contributed by atoms with E-state index in [2.05, 4.69) is 34.4 Å². The first kappa shape index (κ1) is 13.0. The van der Waals surface area contributed by atoms with Crippen LogP contribution >= 0.6 is 0 Å². The molecule has 0 saturated carbocycles. The molecule has 2 rings (SSSR count). The van der Waals surface area contributed by atoms with Gasteiger partial charge in [-0.15, -0.1) is 0 Å². The highest BCUT2D eigenvalue weighted by atomic mass is 16.3. The lowest BCUT2D eigenvalue weighted by atomic mass is 10.2. The Kier molecular flexibility index (Phi) is 4.64. The summed E-state index contributed by atoms with van der Waals surface area (Å²) < 4.78 is 5.55. The van der Waals surface area contributed by atoms with Crippen molar-refractivity contribution in [1.82, 2.24) is 15.5 Å². The third-order valence-corrected chi connectivity index (χ3v) is 3.26. The van der Waals surface area contributed by atoms with Gasteiger partial charge in [0.15, 0.2) is 5.96 Å². The molecule has 1 atom stereocenters. The first-order valence-corrected chi connectivity index (χ1v) is 6.64. The van der Waals surface area contributed by atoms with E-state index in [9.17, 15) is 0 Å². The van der Waals surface area contributed by atoms with Gasteiger partial charge < -0.3 is 15.1 Å². The summed E-state index contributed by atoms with van der Waals surface area (Å²) in [6, 6.07) is 4.23. The van der Waals surface area contributed by atoms with Gasteiger partial charge in [0.25, 0.3) is 0 Å². The van der Waals surface area contributed by atoms with Gasteiger partial charge in [0, 0.05) is 13.1 Å². The number of furan rings is 1. The van der Waals surface area contributed by atoms with Crippen molar-refractivity contribution in [1.29, 1.82) is 0 Å². The van der Waals surface area contributed by atoms with Gasteiger partial charge in [0.05, 0.1) is 18.8 Å². The van der Waals surface area contributed by atoms with Crippen LogP contribution in [-0.2, 0) is 0 Å². The van der Waals surface area contributed by atoms with Crippen molar-refractivity contribution in [3.05, 3.63) is 24.2 Å². The molecule has 1 aliphatic heterocycles. The first-order valence-electron chi connectivity index (χ1n) is 6.64. The summed E-state index contributed by atoms with van der Waals surface area (Å²) in [5, 5.41) is 6.58. The van der Waals surface area contributed by atoms with Gasteiger partial charge in [-0.3, -0.25) is 9.89 Å². The minimum absolute atomic E-state index is 0.250. The maximum Gasteiger partial charge on any atom is 0.191 e. The van der Waals surface area contributed by atoms with E-state index < -0.39 is 0 Å². The van der Waals surface area contributed by atoms with E-state index in [-0.39, 0.29) is 6.04 Å². The molecule has 5 heteroatoms. The molecule has 100 valence electrons. The van der Waals surface area contributed by atoms with Crippen LogP contribution in [0.5, 0.6) is 0 Å². The molecular formula is C13H22N4O. The second kappa shape index (κ2) is 6.44. The number of hydrogen-bond donors (Lipinski definition) is 2. The van der Waals surface area contributed by atoms with Gasteiger partial charge in [0.1, 0.15) is 5.76 Å². The van der Waals surface area contributed by atoms with Crippen LogP contribution in [0.4, 0.5) is 0 Å². The molecule has 0 aliphatic carbocycles. The summed E-state index contributed by atoms with van der Waals surface area (Å²) in [4.78, 5) is 6.72. The van der Waals surface area contributed by atoms with Crippen LogP contribution in [0, 0.1) is 0 Å². The van der Waals surface area contributed by atoms with Crippen molar-refractivity contribution in [2.75, 3.05) is 32.7 Å². The largest absolute Gasteiger partial charge is 0.468 e. The van der Waals surface area contributed by atoms with Crippen LogP contribution in [0.15, 0.2) is 27.8 Å². The summed E-state index contributed by atoms with van der Waals surface area (Å²) in [5.41, 5.74) is 0. The lowest BCUT2D eigenvalue weighted by Gasteiger charge is -2.28. The van der Waals surface area contributed by atoms with Crippen LogP contribution in [-0.4, -0.2) is 43.6 Å². The van der Waals surface area contributed by atoms with Crippen LogP contribution in [0.3, 0.4) is 0 Å². The Morgan fingerprint density at radius 3 is 2.89 bits per heavy atom. The molecule has 0 amide bonds. The highest BCUT2D eigenvalue weighted by Crippen LogP contribution is 2.20. The lowest BCUT2D eigenvalue weighted by molar-refractivity contribution is 0.193. The van der Waals surface area contributed by atoms with E-state index in [1.807, 2.05) is 12.1 Å². The van der Waals surface area contributed by atoms with Crippen LogP contribution in [0.2, 0.25) is 0 Å². The minimum atomic E-state index is 0.250. The number of guanidine groups is 1.